The molecule has 2 heterocycles. The number of rotatable bonds is 9. The highest BCUT2D eigenvalue weighted by molar-refractivity contribution is 6.31. The number of hydrogen-bond acceptors (Lipinski definition) is 6. The second-order valence-electron chi connectivity index (χ2n) is 6.73. The summed E-state index contributed by atoms with van der Waals surface area (Å²) in [6.07, 6.45) is 2.11. The number of hydrogen-bond donors (Lipinski definition) is 1. The molecule has 2 aromatic heterocycles. The van der Waals surface area contributed by atoms with Gasteiger partial charge in [-0.1, -0.05) is 11.6 Å². The summed E-state index contributed by atoms with van der Waals surface area (Å²) in [5.74, 6) is -0.0524. The fourth-order valence-corrected chi connectivity index (χ4v) is 2.82. The lowest BCUT2D eigenvalue weighted by Crippen LogP contribution is -2.28. The molecule has 29 heavy (non-hydrogen) atoms. The van der Waals surface area contributed by atoms with Crippen LogP contribution in [0.3, 0.4) is 0 Å². The van der Waals surface area contributed by atoms with Gasteiger partial charge in [0, 0.05) is 18.3 Å². The highest BCUT2D eigenvalue weighted by atomic mass is 35.5. The van der Waals surface area contributed by atoms with E-state index in [4.69, 9.17) is 16.3 Å². The molecule has 0 saturated heterocycles. The first-order chi connectivity index (χ1) is 13.8. The Labute approximate surface area is 170 Å². The summed E-state index contributed by atoms with van der Waals surface area (Å²) in [6.45, 7) is 0.904. The van der Waals surface area contributed by atoms with Gasteiger partial charge in [0.1, 0.15) is 22.3 Å². The van der Waals surface area contributed by atoms with Crippen LogP contribution in [0.1, 0.15) is 47.7 Å². The third-order valence-corrected chi connectivity index (χ3v) is 4.60. The van der Waals surface area contributed by atoms with Crippen LogP contribution in [0.5, 0.6) is 5.88 Å². The molecule has 1 atom stereocenters. The normalized spacial score (nSPS) is 14.5. The molecular weight excluding hydrogens is 406 g/mol. The molecule has 2 aromatic rings. The van der Waals surface area contributed by atoms with Crippen LogP contribution in [-0.4, -0.2) is 39.7 Å². The minimum atomic E-state index is -2.64. The molecule has 0 spiro atoms. The number of pyridine rings is 1. The molecule has 7 nitrogen and oxygen atoms in total. The first kappa shape index (κ1) is 21.0. The maximum absolute atomic E-state index is 12.5. The van der Waals surface area contributed by atoms with Crippen molar-refractivity contribution in [2.24, 2.45) is 5.92 Å². The number of Topliss-reactive ketones (excluding diaryl/α,β-unsaturated/α-hetero) is 1. The Hall–Kier alpha value is -2.68. The number of ketones is 1. The molecule has 10 heteroatoms. The molecule has 3 rings (SSSR count). The van der Waals surface area contributed by atoms with E-state index in [-0.39, 0.29) is 34.7 Å². The summed E-state index contributed by atoms with van der Waals surface area (Å²) in [6, 6.07) is 2.46. The van der Waals surface area contributed by atoms with E-state index < -0.39 is 25.0 Å². The van der Waals surface area contributed by atoms with Gasteiger partial charge in [0.05, 0.1) is 12.5 Å². The monoisotopic (exact) mass is 424 g/mol. The van der Waals surface area contributed by atoms with Crippen LogP contribution in [0, 0.1) is 5.92 Å². The Morgan fingerprint density at radius 3 is 2.76 bits per heavy atom. The molecule has 0 bridgehead atoms. The maximum atomic E-state index is 12.5. The maximum Gasteiger partial charge on any atom is 0.272 e. The lowest BCUT2D eigenvalue weighted by molar-refractivity contribution is -0.119. The first-order valence-electron chi connectivity index (χ1n) is 9.05. The van der Waals surface area contributed by atoms with Crippen molar-refractivity contribution in [1.82, 2.24) is 20.3 Å². The molecule has 1 fully saturated rings. The van der Waals surface area contributed by atoms with Crippen molar-refractivity contribution >= 4 is 23.3 Å². The standard InChI is InChI=1S/C19H19ClF2N4O3/c1-10(12-6-13(20)19(24-8-12)29-9-16(21)22)25-18(28)14-4-5-23-17(26-14)7-15(27)11-2-3-11/h4-6,8,10-11,16H,2-3,7,9H2,1H3,(H,25,28). The number of nitrogens with one attached hydrogen (secondary N) is 1. The third kappa shape index (κ3) is 5.90. The highest BCUT2D eigenvalue weighted by Crippen LogP contribution is 2.30. The van der Waals surface area contributed by atoms with Gasteiger partial charge in [-0.2, -0.15) is 0 Å². The number of alkyl halides is 2. The number of carbonyl (C=O) groups excluding carboxylic acids is 2. The van der Waals surface area contributed by atoms with E-state index in [9.17, 15) is 18.4 Å². The molecule has 1 saturated carbocycles. The largest absolute Gasteiger partial charge is 0.471 e. The Bertz CT molecular complexity index is 909. The molecule has 1 aliphatic carbocycles. The van der Waals surface area contributed by atoms with Gasteiger partial charge < -0.3 is 10.1 Å². The quantitative estimate of drug-likeness (QED) is 0.664. The van der Waals surface area contributed by atoms with Gasteiger partial charge in [0.2, 0.25) is 5.88 Å². The summed E-state index contributed by atoms with van der Waals surface area (Å²) in [5.41, 5.74) is 0.701. The minimum Gasteiger partial charge on any atom is -0.471 e. The fraction of sp³-hybridized carbons (Fsp3) is 0.421. The van der Waals surface area contributed by atoms with Crippen molar-refractivity contribution < 1.29 is 23.1 Å². The SMILES string of the molecule is CC(NC(=O)c1ccnc(CC(=O)C2CC2)n1)c1cnc(OCC(F)F)c(Cl)c1. The third-order valence-electron chi connectivity index (χ3n) is 4.33. The molecule has 1 unspecified atom stereocenters. The Morgan fingerprint density at radius 1 is 1.34 bits per heavy atom. The second-order valence-corrected chi connectivity index (χ2v) is 7.14. The predicted octanol–water partition coefficient (Wildman–Crippen LogP) is 3.18. The van der Waals surface area contributed by atoms with Crippen molar-refractivity contribution in [3.63, 3.8) is 0 Å². The van der Waals surface area contributed by atoms with Gasteiger partial charge in [-0.25, -0.2) is 23.7 Å². The first-order valence-corrected chi connectivity index (χ1v) is 9.43. The van der Waals surface area contributed by atoms with Crippen LogP contribution in [0.2, 0.25) is 5.02 Å². The molecule has 154 valence electrons. The van der Waals surface area contributed by atoms with E-state index in [1.165, 1.54) is 24.5 Å². The van der Waals surface area contributed by atoms with Crippen LogP contribution in [0.25, 0.3) is 0 Å². The van der Waals surface area contributed by atoms with Crippen LogP contribution in [0.15, 0.2) is 24.5 Å². The number of ether oxygens (including phenoxy) is 1. The number of nitrogens with zero attached hydrogens (tertiary/aromatic N) is 3. The zero-order valence-electron chi connectivity index (χ0n) is 15.6. The van der Waals surface area contributed by atoms with Crippen molar-refractivity contribution in [3.05, 3.63) is 46.6 Å². The lowest BCUT2D eigenvalue weighted by Gasteiger charge is -2.15. The average Bonchev–Trinajstić information content (AvgIpc) is 3.52. The molecule has 1 aliphatic rings. The number of halogens is 3. The average molecular weight is 425 g/mol. The van der Waals surface area contributed by atoms with Crippen LogP contribution >= 0.6 is 11.6 Å². The molecule has 0 aromatic carbocycles. The van der Waals surface area contributed by atoms with Gasteiger partial charge >= 0.3 is 0 Å². The minimum absolute atomic E-state index is 0.0622. The van der Waals surface area contributed by atoms with Gasteiger partial charge in [-0.15, -0.1) is 0 Å². The zero-order chi connectivity index (χ0) is 21.0. The van der Waals surface area contributed by atoms with E-state index in [2.05, 4.69) is 20.3 Å². The van der Waals surface area contributed by atoms with Gasteiger partial charge in [0.15, 0.2) is 6.61 Å². The topological polar surface area (TPSA) is 94.1 Å². The van der Waals surface area contributed by atoms with Crippen molar-refractivity contribution in [2.75, 3.05) is 6.61 Å². The van der Waals surface area contributed by atoms with E-state index in [0.717, 1.165) is 12.8 Å². The Morgan fingerprint density at radius 2 is 2.10 bits per heavy atom. The summed E-state index contributed by atoms with van der Waals surface area (Å²) in [4.78, 5) is 36.5. The highest BCUT2D eigenvalue weighted by Gasteiger charge is 2.30. The van der Waals surface area contributed by atoms with Crippen LogP contribution < -0.4 is 10.1 Å². The Kier molecular flexibility index (Phi) is 6.68. The van der Waals surface area contributed by atoms with E-state index in [1.807, 2.05) is 0 Å². The summed E-state index contributed by atoms with van der Waals surface area (Å²) < 4.78 is 29.3. The van der Waals surface area contributed by atoms with Crippen molar-refractivity contribution in [1.29, 1.82) is 0 Å². The van der Waals surface area contributed by atoms with E-state index >= 15 is 0 Å². The molecule has 1 N–H and O–H groups in total. The number of amides is 1. The van der Waals surface area contributed by atoms with E-state index in [0.29, 0.717) is 11.4 Å². The van der Waals surface area contributed by atoms with Crippen molar-refractivity contribution in [2.45, 2.75) is 38.7 Å². The van der Waals surface area contributed by atoms with Gasteiger partial charge in [-0.05, 0) is 37.5 Å². The molecule has 0 aliphatic heterocycles. The number of carbonyl (C=O) groups is 2. The lowest BCUT2D eigenvalue weighted by atomic mass is 10.1. The van der Waals surface area contributed by atoms with Crippen molar-refractivity contribution in [3.8, 4) is 5.88 Å². The van der Waals surface area contributed by atoms with Crippen LogP contribution in [0.4, 0.5) is 8.78 Å². The summed E-state index contributed by atoms with van der Waals surface area (Å²) >= 11 is 6.01. The van der Waals surface area contributed by atoms with Gasteiger partial charge in [-0.3, -0.25) is 9.59 Å². The van der Waals surface area contributed by atoms with Gasteiger partial charge in [0.25, 0.3) is 12.3 Å². The molecular formula is C19H19ClF2N4O3. The molecule has 1 amide bonds. The predicted molar refractivity (Wildman–Crippen MR) is 100 cm³/mol. The molecule has 0 radical (unpaired) electrons. The Balaban J connectivity index is 1.62. The van der Waals surface area contributed by atoms with E-state index in [1.54, 1.807) is 6.92 Å². The van der Waals surface area contributed by atoms with Crippen LogP contribution in [-0.2, 0) is 11.2 Å². The fourth-order valence-electron chi connectivity index (χ4n) is 2.60. The smallest absolute Gasteiger partial charge is 0.272 e. The zero-order valence-corrected chi connectivity index (χ0v) is 16.3. The second kappa shape index (κ2) is 9.21. The summed E-state index contributed by atoms with van der Waals surface area (Å²) in [5, 5.41) is 2.81. The number of aromatic nitrogens is 3. The summed E-state index contributed by atoms with van der Waals surface area (Å²) in [7, 11) is 0.